The zero-order chi connectivity index (χ0) is 12.6. The van der Waals surface area contributed by atoms with Crippen LogP contribution in [0.1, 0.15) is 0 Å². The third kappa shape index (κ3) is 2.86. The second kappa shape index (κ2) is 5.81. The molecule has 0 aliphatic carbocycles. The van der Waals surface area contributed by atoms with Crippen LogP contribution in [0, 0.1) is 3.57 Å². The van der Waals surface area contributed by atoms with Crippen molar-refractivity contribution in [2.45, 2.75) is 0 Å². The van der Waals surface area contributed by atoms with Gasteiger partial charge in [0.1, 0.15) is 0 Å². The number of nitrogens with one attached hydrogen (secondary N) is 2. The van der Waals surface area contributed by atoms with Gasteiger partial charge in [-0.3, -0.25) is 4.99 Å². The fourth-order valence-corrected chi connectivity index (χ4v) is 3.75. The predicted octanol–water partition coefficient (Wildman–Crippen LogP) is 4.49. The number of nitrogens with zero attached hydrogens (tertiary/aromatic N) is 1. The molecule has 8 heteroatoms. The molecule has 1 aliphatic heterocycles. The number of rotatable bonds is 1. The highest BCUT2D eigenvalue weighted by Gasteiger charge is 2.19. The summed E-state index contributed by atoms with van der Waals surface area (Å²) in [6.45, 7) is 1.58. The van der Waals surface area contributed by atoms with Crippen LogP contribution >= 0.6 is 77.7 Å². The van der Waals surface area contributed by atoms with Gasteiger partial charge in [-0.1, -0.05) is 23.2 Å². The lowest BCUT2D eigenvalue weighted by Gasteiger charge is -2.14. The molecule has 1 aliphatic rings. The first kappa shape index (κ1) is 14.2. The summed E-state index contributed by atoms with van der Waals surface area (Å²) in [6, 6.07) is 0. The van der Waals surface area contributed by atoms with Crippen LogP contribution < -0.4 is 10.6 Å². The summed E-state index contributed by atoms with van der Waals surface area (Å²) in [5, 5.41) is 7.28. The minimum absolute atomic E-state index is 0.541. The Morgan fingerprint density at radius 2 is 1.82 bits per heavy atom. The highest BCUT2D eigenvalue weighted by atomic mass is 127. The number of aliphatic imine (C=N–C) groups is 1. The van der Waals surface area contributed by atoms with E-state index in [9.17, 15) is 0 Å². The van der Waals surface area contributed by atoms with E-state index >= 15 is 0 Å². The maximum Gasteiger partial charge on any atom is 0.196 e. The van der Waals surface area contributed by atoms with Gasteiger partial charge in [-0.2, -0.15) is 0 Å². The summed E-state index contributed by atoms with van der Waals surface area (Å²) < 4.78 is 2.54. The standard InChI is InChI=1S/C9H6Br2Cl2IN3/c10-3-5(12)8(6(13)4(11)7(3)14)17-9-15-1-2-16-9/h1-2H2,(H2,15,16,17). The molecule has 0 aromatic heterocycles. The molecule has 0 spiro atoms. The molecule has 0 radical (unpaired) electrons. The van der Waals surface area contributed by atoms with Crippen LogP contribution in [0.2, 0.25) is 10.0 Å². The Bertz CT molecular complexity index is 478. The Balaban J connectivity index is 2.46. The number of anilines is 1. The summed E-state index contributed by atoms with van der Waals surface area (Å²) in [5.41, 5.74) is 0.639. The number of hydrogen-bond donors (Lipinski definition) is 2. The lowest BCUT2D eigenvalue weighted by Crippen LogP contribution is -2.26. The highest BCUT2D eigenvalue weighted by Crippen LogP contribution is 2.45. The summed E-state index contributed by atoms with van der Waals surface area (Å²) >= 11 is 21.5. The molecule has 2 N–H and O–H groups in total. The molecule has 1 aromatic carbocycles. The fourth-order valence-electron chi connectivity index (χ4n) is 1.31. The van der Waals surface area contributed by atoms with Crippen LogP contribution in [-0.2, 0) is 0 Å². The van der Waals surface area contributed by atoms with Gasteiger partial charge in [-0.05, 0) is 54.5 Å². The molecule has 0 atom stereocenters. The van der Waals surface area contributed by atoms with Crippen molar-refractivity contribution in [3.05, 3.63) is 22.6 Å². The van der Waals surface area contributed by atoms with Gasteiger partial charge in [0.15, 0.2) is 5.96 Å². The lowest BCUT2D eigenvalue weighted by molar-refractivity contribution is 0.959. The van der Waals surface area contributed by atoms with Crippen LogP contribution in [0.25, 0.3) is 0 Å². The average Bonchev–Trinajstić information content (AvgIpc) is 2.82. The average molecular weight is 514 g/mol. The highest BCUT2D eigenvalue weighted by molar-refractivity contribution is 14.1. The first-order valence-corrected chi connectivity index (χ1v) is 8.01. The SMILES string of the molecule is Clc1c(Br)c(I)c(Br)c(Cl)c1NC1=NCCN1. The van der Waals surface area contributed by atoms with Crippen molar-refractivity contribution in [1.82, 2.24) is 5.32 Å². The van der Waals surface area contributed by atoms with E-state index in [2.05, 4.69) is 70.1 Å². The smallest absolute Gasteiger partial charge is 0.196 e. The monoisotopic (exact) mass is 511 g/mol. The predicted molar refractivity (Wildman–Crippen MR) is 88.5 cm³/mol. The molecule has 1 heterocycles. The Kier molecular flexibility index (Phi) is 4.85. The fraction of sp³-hybridized carbons (Fsp3) is 0.222. The van der Waals surface area contributed by atoms with Crippen LogP contribution in [0.5, 0.6) is 0 Å². The van der Waals surface area contributed by atoms with Crippen LogP contribution in [0.4, 0.5) is 5.69 Å². The number of benzene rings is 1. The van der Waals surface area contributed by atoms with Gasteiger partial charge in [-0.15, -0.1) is 0 Å². The maximum absolute atomic E-state index is 6.25. The molecule has 3 nitrogen and oxygen atoms in total. The first-order valence-electron chi connectivity index (χ1n) is 4.59. The zero-order valence-corrected chi connectivity index (χ0v) is 15.1. The van der Waals surface area contributed by atoms with E-state index in [4.69, 9.17) is 23.2 Å². The Morgan fingerprint density at radius 3 is 2.29 bits per heavy atom. The number of guanidine groups is 1. The van der Waals surface area contributed by atoms with E-state index in [0.717, 1.165) is 25.6 Å². The van der Waals surface area contributed by atoms with Crippen molar-refractivity contribution in [3.63, 3.8) is 0 Å². The van der Waals surface area contributed by atoms with Gasteiger partial charge in [0.2, 0.25) is 0 Å². The van der Waals surface area contributed by atoms with Crippen LogP contribution in [-0.4, -0.2) is 19.0 Å². The summed E-state index contributed by atoms with van der Waals surface area (Å²) in [5.74, 6) is 0.689. The Morgan fingerprint density at radius 1 is 1.24 bits per heavy atom. The number of hydrogen-bond acceptors (Lipinski definition) is 3. The molecular weight excluding hydrogens is 508 g/mol. The van der Waals surface area contributed by atoms with E-state index in [1.807, 2.05) is 0 Å². The molecule has 0 bridgehead atoms. The van der Waals surface area contributed by atoms with Crippen molar-refractivity contribution >= 4 is 89.3 Å². The van der Waals surface area contributed by atoms with Crippen molar-refractivity contribution < 1.29 is 0 Å². The first-order chi connectivity index (χ1) is 8.02. The summed E-state index contributed by atoms with van der Waals surface area (Å²) in [7, 11) is 0. The van der Waals surface area contributed by atoms with E-state index < -0.39 is 0 Å². The normalized spacial score (nSPS) is 14.5. The molecular formula is C9H6Br2Cl2IN3. The van der Waals surface area contributed by atoms with Gasteiger partial charge >= 0.3 is 0 Å². The van der Waals surface area contributed by atoms with E-state index in [-0.39, 0.29) is 0 Å². The van der Waals surface area contributed by atoms with Crippen molar-refractivity contribution in [2.24, 2.45) is 4.99 Å². The molecule has 0 unspecified atom stereocenters. The second-order valence-electron chi connectivity index (χ2n) is 3.23. The molecule has 17 heavy (non-hydrogen) atoms. The van der Waals surface area contributed by atoms with Crippen molar-refractivity contribution in [3.8, 4) is 0 Å². The maximum atomic E-state index is 6.25. The van der Waals surface area contributed by atoms with Crippen LogP contribution in [0.3, 0.4) is 0 Å². The van der Waals surface area contributed by atoms with E-state index in [1.165, 1.54) is 0 Å². The molecule has 0 saturated heterocycles. The quantitative estimate of drug-likeness (QED) is 0.330. The van der Waals surface area contributed by atoms with Gasteiger partial charge in [0.05, 0.1) is 31.2 Å². The molecule has 0 fully saturated rings. The lowest BCUT2D eigenvalue weighted by atomic mass is 10.3. The minimum Gasteiger partial charge on any atom is -0.354 e. The van der Waals surface area contributed by atoms with E-state index in [0.29, 0.717) is 21.7 Å². The van der Waals surface area contributed by atoms with Gasteiger partial charge in [0.25, 0.3) is 0 Å². The molecule has 92 valence electrons. The van der Waals surface area contributed by atoms with Crippen molar-refractivity contribution in [2.75, 3.05) is 18.4 Å². The van der Waals surface area contributed by atoms with Crippen LogP contribution in [0.15, 0.2) is 13.9 Å². The topological polar surface area (TPSA) is 36.4 Å². The van der Waals surface area contributed by atoms with Gasteiger partial charge in [0, 0.05) is 10.1 Å². The minimum atomic E-state index is 0.541. The Hall–Kier alpha value is 0.760. The molecule has 0 amide bonds. The Labute approximate surface area is 139 Å². The second-order valence-corrected chi connectivity index (χ2v) is 6.65. The van der Waals surface area contributed by atoms with Crippen molar-refractivity contribution in [1.29, 1.82) is 0 Å². The largest absolute Gasteiger partial charge is 0.354 e. The van der Waals surface area contributed by atoms with E-state index in [1.54, 1.807) is 0 Å². The zero-order valence-electron chi connectivity index (χ0n) is 8.25. The third-order valence-corrected chi connectivity index (χ3v) is 7.49. The summed E-state index contributed by atoms with van der Waals surface area (Å²) in [4.78, 5) is 4.24. The molecule has 1 aromatic rings. The number of halogens is 5. The third-order valence-electron chi connectivity index (χ3n) is 2.13. The van der Waals surface area contributed by atoms with Gasteiger partial charge < -0.3 is 10.6 Å². The van der Waals surface area contributed by atoms with Gasteiger partial charge in [-0.25, -0.2) is 0 Å². The summed E-state index contributed by atoms with van der Waals surface area (Å²) in [6.07, 6.45) is 0. The molecule has 2 rings (SSSR count). The molecule has 0 saturated carbocycles.